The predicted molar refractivity (Wildman–Crippen MR) is 105 cm³/mol. The molecule has 6 nitrogen and oxygen atoms in total. The fourth-order valence-corrected chi connectivity index (χ4v) is 3.50. The van der Waals surface area contributed by atoms with E-state index in [9.17, 15) is 18.7 Å². The number of rotatable bonds is 5. The van der Waals surface area contributed by atoms with Crippen LogP contribution in [0.5, 0.6) is 5.75 Å². The highest BCUT2D eigenvalue weighted by molar-refractivity contribution is 9.10. The lowest BCUT2D eigenvalue weighted by molar-refractivity contribution is -0.0964. The van der Waals surface area contributed by atoms with Crippen LogP contribution >= 0.6 is 27.5 Å². The Morgan fingerprint density at radius 2 is 1.96 bits per heavy atom. The normalized spacial score (nSPS) is 15.4. The molecule has 1 fully saturated rings. The number of hydrogen-bond donors (Lipinski definition) is 2. The summed E-state index contributed by atoms with van der Waals surface area (Å²) in [5.74, 6) is 0.190. The van der Waals surface area contributed by atoms with E-state index in [-0.39, 0.29) is 11.9 Å². The summed E-state index contributed by atoms with van der Waals surface area (Å²) in [7, 11) is 0. The van der Waals surface area contributed by atoms with Gasteiger partial charge in [0.1, 0.15) is 11.6 Å². The molecule has 2 N–H and O–H groups in total. The molecule has 1 amide bonds. The molecule has 1 aliphatic heterocycles. The molecule has 0 aliphatic carbocycles. The first-order valence-corrected chi connectivity index (χ1v) is 9.64. The standard InChI is InChI=1S/C18H17BrClF2N3O3/c19-15-9-11(10-23-16(15)25-7-5-13(26)6-8-25)17(27)24-12-1-3-14(4-2-12)28-18(20,21)22/h1-4,9-10,13,26H,5-8H2,(H,24,27). The molecule has 1 saturated heterocycles. The van der Waals surface area contributed by atoms with E-state index in [1.54, 1.807) is 6.07 Å². The third-order valence-electron chi connectivity index (χ3n) is 4.19. The SMILES string of the molecule is O=C(Nc1ccc(OC(F)(F)Cl)cc1)c1cnc(N2CCC(O)CC2)c(Br)c1. The van der Waals surface area contributed by atoms with Crippen molar-refractivity contribution < 1.29 is 23.4 Å². The number of alkyl halides is 3. The van der Waals surface area contributed by atoms with Gasteiger partial charge in [-0.15, -0.1) is 8.78 Å². The van der Waals surface area contributed by atoms with Crippen LogP contribution in [0.3, 0.4) is 0 Å². The molecule has 0 unspecified atom stereocenters. The van der Waals surface area contributed by atoms with Crippen molar-refractivity contribution in [1.82, 2.24) is 4.98 Å². The van der Waals surface area contributed by atoms with Crippen LogP contribution < -0.4 is 15.0 Å². The monoisotopic (exact) mass is 475 g/mol. The second kappa shape index (κ2) is 8.59. The fourth-order valence-electron chi connectivity index (χ4n) is 2.81. The second-order valence-electron chi connectivity index (χ2n) is 6.27. The molecule has 0 spiro atoms. The van der Waals surface area contributed by atoms with Gasteiger partial charge in [0, 0.05) is 36.6 Å². The summed E-state index contributed by atoms with van der Waals surface area (Å²) in [4.78, 5) is 18.8. The number of piperidine rings is 1. The number of carbonyl (C=O) groups excluding carboxylic acids is 1. The summed E-state index contributed by atoms with van der Waals surface area (Å²) in [5.41, 5.74) is -3.06. The molecule has 1 aromatic heterocycles. The number of aromatic nitrogens is 1. The molecular weight excluding hydrogens is 460 g/mol. The number of halogens is 4. The van der Waals surface area contributed by atoms with Crippen molar-refractivity contribution in [2.45, 2.75) is 24.5 Å². The van der Waals surface area contributed by atoms with Crippen molar-refractivity contribution in [3.8, 4) is 5.75 Å². The van der Waals surface area contributed by atoms with E-state index in [1.807, 2.05) is 4.90 Å². The zero-order valence-electron chi connectivity index (χ0n) is 14.5. The van der Waals surface area contributed by atoms with Crippen molar-refractivity contribution >= 4 is 44.9 Å². The third kappa shape index (κ3) is 5.52. The Kier molecular flexibility index (Phi) is 6.36. The number of aliphatic hydroxyl groups is 1. The van der Waals surface area contributed by atoms with Gasteiger partial charge in [0.2, 0.25) is 0 Å². The summed E-state index contributed by atoms with van der Waals surface area (Å²) in [5, 5.41) is 12.3. The first-order valence-electron chi connectivity index (χ1n) is 8.47. The number of anilines is 2. The molecule has 1 aliphatic rings. The zero-order chi connectivity index (χ0) is 20.3. The zero-order valence-corrected chi connectivity index (χ0v) is 16.9. The van der Waals surface area contributed by atoms with Crippen LogP contribution in [0.2, 0.25) is 0 Å². The highest BCUT2D eigenvalue weighted by Crippen LogP contribution is 2.28. The molecule has 0 radical (unpaired) electrons. The Morgan fingerprint density at radius 1 is 1.32 bits per heavy atom. The van der Waals surface area contributed by atoms with Crippen LogP contribution in [0.15, 0.2) is 41.0 Å². The van der Waals surface area contributed by atoms with Crippen molar-refractivity contribution in [2.24, 2.45) is 0 Å². The highest BCUT2D eigenvalue weighted by atomic mass is 79.9. The average molecular weight is 477 g/mol. The van der Waals surface area contributed by atoms with Crippen molar-refractivity contribution in [2.75, 3.05) is 23.3 Å². The molecule has 150 valence electrons. The molecular formula is C18H17BrClF2N3O3. The molecule has 1 aromatic carbocycles. The van der Waals surface area contributed by atoms with Gasteiger partial charge < -0.3 is 20.1 Å². The second-order valence-corrected chi connectivity index (χ2v) is 7.57. The summed E-state index contributed by atoms with van der Waals surface area (Å²) in [6.45, 7) is 1.38. The van der Waals surface area contributed by atoms with Crippen LogP contribution in [0.4, 0.5) is 20.3 Å². The lowest BCUT2D eigenvalue weighted by Gasteiger charge is -2.31. The number of ether oxygens (including phenoxy) is 1. The lowest BCUT2D eigenvalue weighted by Crippen LogP contribution is -2.36. The number of nitrogens with zero attached hydrogens (tertiary/aromatic N) is 2. The highest BCUT2D eigenvalue weighted by Gasteiger charge is 2.27. The Labute approximate surface area is 173 Å². The maximum atomic E-state index is 12.6. The number of pyridine rings is 1. The quantitative estimate of drug-likeness (QED) is 0.632. The van der Waals surface area contributed by atoms with Gasteiger partial charge >= 0.3 is 5.57 Å². The summed E-state index contributed by atoms with van der Waals surface area (Å²) < 4.78 is 30.1. The van der Waals surface area contributed by atoms with E-state index in [2.05, 4.69) is 31.0 Å². The maximum Gasteiger partial charge on any atom is 0.487 e. The van der Waals surface area contributed by atoms with E-state index in [0.717, 1.165) is 0 Å². The van der Waals surface area contributed by atoms with Crippen molar-refractivity contribution in [3.63, 3.8) is 0 Å². The first-order chi connectivity index (χ1) is 13.2. The summed E-state index contributed by atoms with van der Waals surface area (Å²) in [6, 6.07) is 7.05. The van der Waals surface area contributed by atoms with Gasteiger partial charge in [0.05, 0.1) is 16.1 Å². The number of carbonyl (C=O) groups is 1. The Balaban J connectivity index is 1.65. The molecule has 3 rings (SSSR count). The largest absolute Gasteiger partial charge is 0.487 e. The molecule has 0 atom stereocenters. The molecule has 0 bridgehead atoms. The number of amides is 1. The van der Waals surface area contributed by atoms with Gasteiger partial charge in [0.25, 0.3) is 5.91 Å². The number of nitrogens with one attached hydrogen (secondary N) is 1. The van der Waals surface area contributed by atoms with Gasteiger partial charge in [-0.3, -0.25) is 4.79 Å². The van der Waals surface area contributed by atoms with Crippen LogP contribution in [0.25, 0.3) is 0 Å². The smallest absolute Gasteiger partial charge is 0.420 e. The summed E-state index contributed by atoms with van der Waals surface area (Å²) >= 11 is 8.15. The van der Waals surface area contributed by atoms with Gasteiger partial charge in [0.15, 0.2) is 0 Å². The van der Waals surface area contributed by atoms with E-state index in [0.29, 0.717) is 47.5 Å². The fraction of sp³-hybridized carbons (Fsp3) is 0.333. The van der Waals surface area contributed by atoms with Crippen LogP contribution in [0, 0.1) is 0 Å². The van der Waals surface area contributed by atoms with Crippen molar-refractivity contribution in [3.05, 3.63) is 46.6 Å². The topological polar surface area (TPSA) is 74.7 Å². The van der Waals surface area contributed by atoms with Gasteiger partial charge in [-0.1, -0.05) is 0 Å². The van der Waals surface area contributed by atoms with E-state index in [1.165, 1.54) is 30.5 Å². The van der Waals surface area contributed by atoms with Gasteiger partial charge in [-0.05, 0) is 59.1 Å². The molecule has 10 heteroatoms. The Hall–Kier alpha value is -1.97. The predicted octanol–water partition coefficient (Wildman–Crippen LogP) is 4.23. The minimum absolute atomic E-state index is 0.126. The molecule has 0 saturated carbocycles. The number of benzene rings is 1. The number of aliphatic hydroxyl groups excluding tert-OH is 1. The minimum Gasteiger partial charge on any atom is -0.420 e. The van der Waals surface area contributed by atoms with Crippen LogP contribution in [-0.2, 0) is 0 Å². The van der Waals surface area contributed by atoms with Gasteiger partial charge in [-0.25, -0.2) is 4.98 Å². The minimum atomic E-state index is -3.79. The average Bonchev–Trinajstić information content (AvgIpc) is 2.63. The van der Waals surface area contributed by atoms with E-state index >= 15 is 0 Å². The number of hydrogen-bond acceptors (Lipinski definition) is 5. The first kappa shape index (κ1) is 20.8. The Morgan fingerprint density at radius 3 is 2.54 bits per heavy atom. The lowest BCUT2D eigenvalue weighted by atomic mass is 10.1. The van der Waals surface area contributed by atoms with E-state index < -0.39 is 11.5 Å². The van der Waals surface area contributed by atoms with Crippen molar-refractivity contribution in [1.29, 1.82) is 0 Å². The maximum absolute atomic E-state index is 12.6. The van der Waals surface area contributed by atoms with Crippen LogP contribution in [0.1, 0.15) is 23.2 Å². The molecule has 2 heterocycles. The molecule has 28 heavy (non-hydrogen) atoms. The van der Waals surface area contributed by atoms with E-state index in [4.69, 9.17) is 11.6 Å². The Bertz CT molecular complexity index is 841. The third-order valence-corrected chi connectivity index (χ3v) is 4.85. The van der Waals surface area contributed by atoms with Gasteiger partial charge in [-0.2, -0.15) is 0 Å². The van der Waals surface area contributed by atoms with Crippen LogP contribution in [-0.4, -0.2) is 40.8 Å². The summed E-state index contributed by atoms with van der Waals surface area (Å²) in [6.07, 6.45) is 2.52. The molecule has 2 aromatic rings.